The number of aromatic nitrogens is 1. The average molecular weight is 305 g/mol. The fourth-order valence-electron chi connectivity index (χ4n) is 3.44. The number of nitrogens with zero attached hydrogens (tertiary/aromatic N) is 3. The first kappa shape index (κ1) is 15.4. The van der Waals surface area contributed by atoms with Gasteiger partial charge in [-0.15, -0.1) is 0 Å². The van der Waals surface area contributed by atoms with E-state index in [1.165, 1.54) is 5.56 Å². The number of aryl methyl sites for hydroxylation is 1. The SMILES string of the molecule is Cc1ncccc1CN1C[C@H]2COC[C@@H]1CN(CC(=O)O)C2. The van der Waals surface area contributed by atoms with Gasteiger partial charge in [0.25, 0.3) is 0 Å². The number of carboxylic acids is 1. The van der Waals surface area contributed by atoms with E-state index in [0.717, 1.165) is 38.5 Å². The lowest BCUT2D eigenvalue weighted by molar-refractivity contribution is -0.138. The number of carboxylic acid groups (broad SMARTS) is 1. The van der Waals surface area contributed by atoms with E-state index in [1.807, 2.05) is 19.2 Å². The Morgan fingerprint density at radius 3 is 3.05 bits per heavy atom. The molecular formula is C16H23N3O3. The van der Waals surface area contributed by atoms with Crippen LogP contribution >= 0.6 is 0 Å². The van der Waals surface area contributed by atoms with Crippen molar-refractivity contribution in [2.75, 3.05) is 39.4 Å². The highest BCUT2D eigenvalue weighted by molar-refractivity contribution is 5.69. The van der Waals surface area contributed by atoms with Gasteiger partial charge in [-0.3, -0.25) is 19.6 Å². The van der Waals surface area contributed by atoms with Crippen LogP contribution in [-0.2, 0) is 16.1 Å². The van der Waals surface area contributed by atoms with Crippen molar-refractivity contribution in [2.24, 2.45) is 5.92 Å². The number of hydrogen-bond donors (Lipinski definition) is 1. The molecule has 0 radical (unpaired) electrons. The monoisotopic (exact) mass is 305 g/mol. The minimum absolute atomic E-state index is 0.118. The lowest BCUT2D eigenvalue weighted by Gasteiger charge is -2.30. The number of fused-ring (bicyclic) bond motifs is 3. The summed E-state index contributed by atoms with van der Waals surface area (Å²) in [7, 11) is 0. The van der Waals surface area contributed by atoms with Crippen molar-refractivity contribution < 1.29 is 14.6 Å². The normalized spacial score (nSPS) is 26.6. The zero-order chi connectivity index (χ0) is 15.5. The molecule has 6 nitrogen and oxygen atoms in total. The molecule has 0 unspecified atom stereocenters. The highest BCUT2D eigenvalue weighted by Crippen LogP contribution is 2.22. The second kappa shape index (κ2) is 6.73. The Morgan fingerprint density at radius 2 is 2.27 bits per heavy atom. The quantitative estimate of drug-likeness (QED) is 0.879. The summed E-state index contributed by atoms with van der Waals surface area (Å²) in [6.45, 7) is 6.90. The number of pyridine rings is 1. The molecule has 2 atom stereocenters. The summed E-state index contributed by atoms with van der Waals surface area (Å²) in [4.78, 5) is 19.9. The van der Waals surface area contributed by atoms with Crippen molar-refractivity contribution >= 4 is 5.97 Å². The van der Waals surface area contributed by atoms with E-state index < -0.39 is 5.97 Å². The Kier molecular flexibility index (Phi) is 4.71. The van der Waals surface area contributed by atoms with Crippen molar-refractivity contribution in [1.82, 2.24) is 14.8 Å². The zero-order valence-corrected chi connectivity index (χ0v) is 12.9. The van der Waals surface area contributed by atoms with E-state index in [-0.39, 0.29) is 12.6 Å². The van der Waals surface area contributed by atoms with Crippen molar-refractivity contribution in [3.05, 3.63) is 29.6 Å². The molecule has 2 bridgehead atoms. The third-order valence-corrected chi connectivity index (χ3v) is 4.51. The lowest BCUT2D eigenvalue weighted by Crippen LogP contribution is -2.45. The molecule has 120 valence electrons. The molecule has 1 aromatic rings. The Hall–Kier alpha value is -1.50. The van der Waals surface area contributed by atoms with Gasteiger partial charge >= 0.3 is 5.97 Å². The van der Waals surface area contributed by atoms with Crippen LogP contribution in [0.3, 0.4) is 0 Å². The second-order valence-corrected chi connectivity index (χ2v) is 6.32. The Morgan fingerprint density at radius 1 is 1.41 bits per heavy atom. The number of hydrogen-bond acceptors (Lipinski definition) is 5. The fraction of sp³-hybridized carbons (Fsp3) is 0.625. The first-order valence-electron chi connectivity index (χ1n) is 7.78. The first-order chi connectivity index (χ1) is 10.6. The smallest absolute Gasteiger partial charge is 0.317 e. The fourth-order valence-corrected chi connectivity index (χ4v) is 3.44. The largest absolute Gasteiger partial charge is 0.480 e. The molecule has 0 aromatic carbocycles. The van der Waals surface area contributed by atoms with Crippen LogP contribution in [0.2, 0.25) is 0 Å². The van der Waals surface area contributed by atoms with E-state index in [0.29, 0.717) is 12.5 Å². The maximum absolute atomic E-state index is 11.0. The second-order valence-electron chi connectivity index (χ2n) is 6.32. The molecule has 1 aromatic heterocycles. The predicted octanol–water partition coefficient (Wildman–Crippen LogP) is 0.607. The van der Waals surface area contributed by atoms with Crippen LogP contribution in [0.25, 0.3) is 0 Å². The Balaban J connectivity index is 1.75. The minimum Gasteiger partial charge on any atom is -0.480 e. The summed E-state index contributed by atoms with van der Waals surface area (Å²) in [5.41, 5.74) is 2.30. The number of carbonyl (C=O) groups is 1. The molecule has 0 spiro atoms. The van der Waals surface area contributed by atoms with Gasteiger partial charge in [-0.25, -0.2) is 0 Å². The third-order valence-electron chi connectivity index (χ3n) is 4.51. The first-order valence-corrected chi connectivity index (χ1v) is 7.78. The van der Waals surface area contributed by atoms with Crippen molar-refractivity contribution in [1.29, 1.82) is 0 Å². The lowest BCUT2D eigenvalue weighted by atomic mass is 10.1. The Bertz CT molecular complexity index is 537. The summed E-state index contributed by atoms with van der Waals surface area (Å²) >= 11 is 0. The average Bonchev–Trinajstić information content (AvgIpc) is 2.71. The number of aliphatic carboxylic acids is 1. The molecule has 3 rings (SSSR count). The van der Waals surface area contributed by atoms with Crippen molar-refractivity contribution in [2.45, 2.75) is 19.5 Å². The van der Waals surface area contributed by atoms with Crippen molar-refractivity contribution in [3.8, 4) is 0 Å². The molecule has 2 fully saturated rings. The van der Waals surface area contributed by atoms with Crippen LogP contribution in [-0.4, -0.2) is 71.3 Å². The Labute approximate surface area is 130 Å². The van der Waals surface area contributed by atoms with Crippen LogP contribution < -0.4 is 0 Å². The van der Waals surface area contributed by atoms with Crippen LogP contribution in [0, 0.1) is 12.8 Å². The van der Waals surface area contributed by atoms with E-state index >= 15 is 0 Å². The van der Waals surface area contributed by atoms with Gasteiger partial charge < -0.3 is 9.84 Å². The van der Waals surface area contributed by atoms with Crippen LogP contribution in [0.15, 0.2) is 18.3 Å². The van der Waals surface area contributed by atoms with Gasteiger partial charge in [0, 0.05) is 50.0 Å². The topological polar surface area (TPSA) is 65.9 Å². The van der Waals surface area contributed by atoms with Crippen LogP contribution in [0.1, 0.15) is 11.3 Å². The molecule has 3 heterocycles. The maximum atomic E-state index is 11.0. The standard InChI is InChI=1S/C16H23N3O3/c1-12-14(3-2-4-17-12)7-19-6-13-5-18(9-16(20)21)8-15(19)11-22-10-13/h2-4,13,15H,5-11H2,1H3,(H,20,21)/t13-,15-/m0/s1. The summed E-state index contributed by atoms with van der Waals surface area (Å²) in [6.07, 6.45) is 1.82. The highest BCUT2D eigenvalue weighted by Gasteiger charge is 2.33. The number of rotatable bonds is 4. The van der Waals surface area contributed by atoms with Gasteiger partial charge in [0.15, 0.2) is 0 Å². The van der Waals surface area contributed by atoms with E-state index in [2.05, 4.69) is 20.9 Å². The van der Waals surface area contributed by atoms with E-state index in [9.17, 15) is 4.79 Å². The van der Waals surface area contributed by atoms with Crippen molar-refractivity contribution in [3.63, 3.8) is 0 Å². The molecule has 0 saturated carbocycles. The molecule has 2 aliphatic rings. The van der Waals surface area contributed by atoms with E-state index in [4.69, 9.17) is 9.84 Å². The van der Waals surface area contributed by atoms with Gasteiger partial charge in [0.05, 0.1) is 19.8 Å². The van der Waals surface area contributed by atoms with Gasteiger partial charge in [0.1, 0.15) is 0 Å². The van der Waals surface area contributed by atoms with Gasteiger partial charge in [0.2, 0.25) is 0 Å². The maximum Gasteiger partial charge on any atom is 0.317 e. The van der Waals surface area contributed by atoms with Crippen LogP contribution in [0.4, 0.5) is 0 Å². The molecule has 0 amide bonds. The summed E-state index contributed by atoms with van der Waals surface area (Å²) in [5.74, 6) is -0.389. The summed E-state index contributed by atoms with van der Waals surface area (Å²) in [6, 6.07) is 4.33. The highest BCUT2D eigenvalue weighted by atomic mass is 16.5. The molecule has 0 aliphatic carbocycles. The zero-order valence-electron chi connectivity index (χ0n) is 12.9. The summed E-state index contributed by atoms with van der Waals surface area (Å²) < 4.78 is 5.78. The summed E-state index contributed by atoms with van der Waals surface area (Å²) in [5, 5.41) is 9.06. The van der Waals surface area contributed by atoms with Gasteiger partial charge in [-0.1, -0.05) is 6.07 Å². The molecule has 6 heteroatoms. The molecular weight excluding hydrogens is 282 g/mol. The molecule has 2 aliphatic heterocycles. The predicted molar refractivity (Wildman–Crippen MR) is 81.6 cm³/mol. The van der Waals surface area contributed by atoms with Gasteiger partial charge in [-0.2, -0.15) is 0 Å². The van der Waals surface area contributed by atoms with Gasteiger partial charge in [-0.05, 0) is 18.6 Å². The van der Waals surface area contributed by atoms with E-state index in [1.54, 1.807) is 0 Å². The molecule has 22 heavy (non-hydrogen) atoms. The number of ether oxygens (including phenoxy) is 1. The molecule has 2 saturated heterocycles. The van der Waals surface area contributed by atoms with Crippen LogP contribution in [0.5, 0.6) is 0 Å². The minimum atomic E-state index is -0.754. The molecule has 1 N–H and O–H groups in total. The third kappa shape index (κ3) is 3.63.